The average Bonchev–Trinajstić information content (AvgIpc) is 3.36. The highest BCUT2D eigenvalue weighted by atomic mass is 32.1. The lowest BCUT2D eigenvalue weighted by Gasteiger charge is -2.14. The van der Waals surface area contributed by atoms with Crippen molar-refractivity contribution in [3.63, 3.8) is 0 Å². The Morgan fingerprint density at radius 2 is 1.70 bits per heavy atom. The summed E-state index contributed by atoms with van der Waals surface area (Å²) in [6, 6.07) is 13.2. The number of aromatic nitrogens is 4. The number of carbonyl (C=O) groups is 1. The fraction of sp³-hybridized carbons (Fsp3) is 0.233. The third-order valence-electron chi connectivity index (χ3n) is 6.66. The molecule has 0 aliphatic rings. The van der Waals surface area contributed by atoms with Crippen molar-refractivity contribution in [1.82, 2.24) is 24.2 Å². The molecule has 2 aromatic carbocycles. The molecular weight excluding hydrogens is 594 g/mol. The number of thiophene rings is 1. The molecule has 5 rings (SSSR count). The largest absolute Gasteiger partial charge is 0.480 e. The van der Waals surface area contributed by atoms with Crippen LogP contribution in [-0.2, 0) is 17.8 Å². The molecule has 14 heteroatoms. The van der Waals surface area contributed by atoms with E-state index in [0.29, 0.717) is 28.2 Å². The summed E-state index contributed by atoms with van der Waals surface area (Å²) in [5.74, 6) is -1.57. The molecule has 11 nitrogen and oxygen atoms in total. The second kappa shape index (κ2) is 12.7. The zero-order valence-corrected chi connectivity index (χ0v) is 25.1. The Kier molecular flexibility index (Phi) is 8.83. The van der Waals surface area contributed by atoms with Crippen molar-refractivity contribution < 1.29 is 23.0 Å². The molecule has 0 unspecified atom stereocenters. The standard InChI is InChI=1S/C30H28F2N6O5S/c1-5-43-29(40)33-18-11-9-17(10-12-18)26-20(15-36(2)3)25-27(39)38(23-13-14-24(42-4)35-34-23)30(41)37(28(25)44-26)16-19-21(31)7-6-8-22(19)32/h6-14H,5,15-16H2,1-4H3,(H,33,40). The molecule has 0 radical (unpaired) electrons. The lowest BCUT2D eigenvalue weighted by atomic mass is 10.1. The number of hydrogen-bond donors (Lipinski definition) is 1. The van der Waals surface area contributed by atoms with E-state index in [4.69, 9.17) is 9.47 Å². The van der Waals surface area contributed by atoms with Gasteiger partial charge < -0.3 is 14.4 Å². The van der Waals surface area contributed by atoms with Gasteiger partial charge in [-0.15, -0.1) is 21.5 Å². The number of hydrogen-bond acceptors (Lipinski definition) is 9. The molecule has 0 aliphatic carbocycles. The van der Waals surface area contributed by atoms with E-state index < -0.39 is 35.5 Å². The van der Waals surface area contributed by atoms with Crippen LogP contribution in [0.2, 0.25) is 0 Å². The van der Waals surface area contributed by atoms with E-state index in [2.05, 4.69) is 15.5 Å². The van der Waals surface area contributed by atoms with E-state index >= 15 is 0 Å². The van der Waals surface area contributed by atoms with Crippen LogP contribution in [0.15, 0.2) is 64.2 Å². The molecule has 228 valence electrons. The molecule has 1 N–H and O–H groups in total. The number of carbonyl (C=O) groups excluding carboxylic acids is 1. The predicted octanol–water partition coefficient (Wildman–Crippen LogP) is 4.64. The Labute approximate surface area is 253 Å². The molecule has 0 spiro atoms. The minimum absolute atomic E-state index is 0.0802. The van der Waals surface area contributed by atoms with Crippen LogP contribution in [0, 0.1) is 11.6 Å². The van der Waals surface area contributed by atoms with Gasteiger partial charge in [0.15, 0.2) is 5.82 Å². The maximum Gasteiger partial charge on any atom is 0.411 e. The van der Waals surface area contributed by atoms with Gasteiger partial charge in [-0.25, -0.2) is 22.9 Å². The summed E-state index contributed by atoms with van der Waals surface area (Å²) >= 11 is 1.15. The summed E-state index contributed by atoms with van der Waals surface area (Å²) in [5, 5.41) is 10.7. The third-order valence-corrected chi connectivity index (χ3v) is 7.96. The fourth-order valence-electron chi connectivity index (χ4n) is 4.68. The van der Waals surface area contributed by atoms with Crippen LogP contribution in [0.4, 0.5) is 19.3 Å². The lowest BCUT2D eigenvalue weighted by Crippen LogP contribution is -2.39. The fourth-order valence-corrected chi connectivity index (χ4v) is 5.99. The van der Waals surface area contributed by atoms with Crippen LogP contribution in [0.3, 0.4) is 0 Å². The number of halogens is 2. The first kappa shape index (κ1) is 30.5. The summed E-state index contributed by atoms with van der Waals surface area (Å²) in [6.07, 6.45) is -0.595. The van der Waals surface area contributed by atoms with Crippen molar-refractivity contribution in [3.05, 3.63) is 98.2 Å². The van der Waals surface area contributed by atoms with Gasteiger partial charge >= 0.3 is 11.8 Å². The molecule has 5 aromatic rings. The molecule has 0 bridgehead atoms. The molecule has 3 heterocycles. The summed E-state index contributed by atoms with van der Waals surface area (Å²) in [6.45, 7) is 1.74. The highest BCUT2D eigenvalue weighted by molar-refractivity contribution is 7.22. The summed E-state index contributed by atoms with van der Waals surface area (Å²) in [4.78, 5) is 42.8. The number of rotatable bonds is 9. The topological polar surface area (TPSA) is 121 Å². The van der Waals surface area contributed by atoms with Crippen LogP contribution in [-0.4, -0.2) is 58.1 Å². The van der Waals surface area contributed by atoms with Crippen molar-refractivity contribution in [3.8, 4) is 22.1 Å². The summed E-state index contributed by atoms with van der Waals surface area (Å²) < 4.78 is 41.7. The molecule has 1 amide bonds. The van der Waals surface area contributed by atoms with E-state index in [1.807, 2.05) is 19.0 Å². The minimum Gasteiger partial charge on any atom is -0.480 e. The highest BCUT2D eigenvalue weighted by Crippen LogP contribution is 2.38. The van der Waals surface area contributed by atoms with Gasteiger partial charge in [0.1, 0.15) is 16.5 Å². The number of anilines is 1. The van der Waals surface area contributed by atoms with Crippen molar-refractivity contribution in [2.45, 2.75) is 20.0 Å². The van der Waals surface area contributed by atoms with Gasteiger partial charge in [-0.05, 0) is 62.5 Å². The van der Waals surface area contributed by atoms with E-state index in [0.717, 1.165) is 28.0 Å². The van der Waals surface area contributed by atoms with Crippen LogP contribution in [0.1, 0.15) is 18.1 Å². The number of nitrogens with zero attached hydrogens (tertiary/aromatic N) is 5. The first-order valence-corrected chi connectivity index (χ1v) is 14.3. The Hall–Kier alpha value is -4.95. The highest BCUT2D eigenvalue weighted by Gasteiger charge is 2.26. The van der Waals surface area contributed by atoms with Crippen molar-refractivity contribution in [2.75, 3.05) is 33.1 Å². The van der Waals surface area contributed by atoms with E-state index in [9.17, 15) is 23.2 Å². The van der Waals surface area contributed by atoms with E-state index in [-0.39, 0.29) is 34.1 Å². The average molecular weight is 623 g/mol. The number of methoxy groups -OCH3 is 1. The zero-order valence-electron chi connectivity index (χ0n) is 24.3. The monoisotopic (exact) mass is 622 g/mol. The molecule has 0 aliphatic heterocycles. The maximum atomic E-state index is 14.8. The third kappa shape index (κ3) is 5.94. The smallest absolute Gasteiger partial charge is 0.411 e. The van der Waals surface area contributed by atoms with E-state index in [1.54, 1.807) is 31.2 Å². The first-order chi connectivity index (χ1) is 21.1. The van der Waals surface area contributed by atoms with E-state index in [1.165, 1.54) is 29.9 Å². The van der Waals surface area contributed by atoms with Gasteiger partial charge in [-0.2, -0.15) is 0 Å². The Balaban J connectivity index is 1.79. The molecule has 44 heavy (non-hydrogen) atoms. The number of nitrogens with one attached hydrogen (secondary N) is 1. The number of benzene rings is 2. The molecular formula is C30H28F2N6O5S. The molecule has 3 aromatic heterocycles. The second-order valence-electron chi connectivity index (χ2n) is 9.89. The Morgan fingerprint density at radius 3 is 2.30 bits per heavy atom. The Bertz CT molecular complexity index is 1930. The molecule has 0 fully saturated rings. The summed E-state index contributed by atoms with van der Waals surface area (Å²) in [7, 11) is 5.06. The van der Waals surface area contributed by atoms with Gasteiger partial charge in [0.05, 0.1) is 25.6 Å². The van der Waals surface area contributed by atoms with Gasteiger partial charge in [0.2, 0.25) is 5.88 Å². The van der Waals surface area contributed by atoms with Gasteiger partial charge in [0, 0.05) is 28.7 Å². The SMILES string of the molecule is CCOC(=O)Nc1ccc(-c2sc3c(c2CN(C)C)c(=O)n(-c2ccc(OC)nn2)c(=O)n3Cc2c(F)cccc2F)cc1. The van der Waals surface area contributed by atoms with Gasteiger partial charge in [-0.1, -0.05) is 18.2 Å². The second-order valence-corrected chi connectivity index (χ2v) is 10.9. The summed E-state index contributed by atoms with van der Waals surface area (Å²) in [5.41, 5.74) is -0.0412. The maximum absolute atomic E-state index is 14.8. The first-order valence-electron chi connectivity index (χ1n) is 13.4. The molecule has 0 saturated heterocycles. The van der Waals surface area contributed by atoms with Crippen LogP contribution in [0.5, 0.6) is 5.88 Å². The Morgan fingerprint density at radius 1 is 1.00 bits per heavy atom. The van der Waals surface area contributed by atoms with Gasteiger partial charge in [-0.3, -0.25) is 14.7 Å². The minimum atomic E-state index is -0.845. The normalized spacial score (nSPS) is 11.2. The lowest BCUT2D eigenvalue weighted by molar-refractivity contribution is 0.168. The van der Waals surface area contributed by atoms with Crippen LogP contribution in [0.25, 0.3) is 26.5 Å². The van der Waals surface area contributed by atoms with Gasteiger partial charge in [0.25, 0.3) is 5.56 Å². The molecule has 0 saturated carbocycles. The van der Waals surface area contributed by atoms with Crippen molar-refractivity contribution >= 4 is 33.3 Å². The van der Waals surface area contributed by atoms with Crippen LogP contribution < -0.4 is 21.3 Å². The number of amides is 1. The number of fused-ring (bicyclic) bond motifs is 1. The zero-order chi connectivity index (χ0) is 31.5. The number of ether oxygens (including phenoxy) is 2. The van der Waals surface area contributed by atoms with Crippen molar-refractivity contribution in [2.24, 2.45) is 0 Å². The van der Waals surface area contributed by atoms with Crippen LogP contribution >= 0.6 is 11.3 Å². The van der Waals surface area contributed by atoms with Crippen molar-refractivity contribution in [1.29, 1.82) is 0 Å². The quantitative estimate of drug-likeness (QED) is 0.253. The molecule has 0 atom stereocenters. The predicted molar refractivity (Wildman–Crippen MR) is 163 cm³/mol.